The number of sulfonamides is 1. The monoisotopic (exact) mass is 269 g/mol. The van der Waals surface area contributed by atoms with E-state index in [-0.39, 0.29) is 5.03 Å². The van der Waals surface area contributed by atoms with Crippen molar-refractivity contribution in [2.24, 2.45) is 0 Å². The van der Waals surface area contributed by atoms with Gasteiger partial charge in [0, 0.05) is 6.54 Å². The molecule has 1 heterocycles. The van der Waals surface area contributed by atoms with Gasteiger partial charge in [-0.3, -0.25) is 0 Å². The van der Waals surface area contributed by atoms with Crippen molar-refractivity contribution in [3.05, 3.63) is 23.7 Å². The van der Waals surface area contributed by atoms with Crippen molar-refractivity contribution in [2.75, 3.05) is 6.54 Å². The fraction of sp³-hybridized carbons (Fsp3) is 0.583. The highest BCUT2D eigenvalue weighted by Crippen LogP contribution is 2.19. The largest absolute Gasteiger partial charge is 0.332 e. The minimum absolute atomic E-state index is 0.137. The van der Waals surface area contributed by atoms with Gasteiger partial charge in [-0.05, 0) is 39.0 Å². The number of nitrogens with zero attached hydrogens (tertiary/aromatic N) is 1. The zero-order chi connectivity index (χ0) is 13.0. The third kappa shape index (κ3) is 3.43. The molecule has 5 nitrogen and oxygen atoms in total. The molecule has 0 aliphatic heterocycles. The van der Waals surface area contributed by atoms with Crippen molar-refractivity contribution in [2.45, 2.75) is 44.1 Å². The van der Waals surface area contributed by atoms with E-state index in [4.69, 9.17) is 0 Å². The minimum atomic E-state index is -3.44. The average Bonchev–Trinajstić information content (AvgIpc) is 2.78. The molecule has 0 atom stereocenters. The second-order valence-electron chi connectivity index (χ2n) is 4.59. The van der Waals surface area contributed by atoms with E-state index in [0.717, 1.165) is 19.3 Å². The van der Waals surface area contributed by atoms with Gasteiger partial charge in [0.1, 0.15) is 5.82 Å². The Morgan fingerprint density at radius 1 is 1.44 bits per heavy atom. The van der Waals surface area contributed by atoms with Gasteiger partial charge in [0.25, 0.3) is 10.0 Å². The van der Waals surface area contributed by atoms with Gasteiger partial charge < -0.3 is 4.98 Å². The number of aromatic amines is 1. The third-order valence-corrected chi connectivity index (χ3v) is 4.46. The number of aromatic nitrogens is 2. The van der Waals surface area contributed by atoms with Crippen LogP contribution in [0.5, 0.6) is 0 Å². The lowest BCUT2D eigenvalue weighted by Gasteiger charge is -2.12. The lowest BCUT2D eigenvalue weighted by molar-refractivity contribution is 0.576. The van der Waals surface area contributed by atoms with Crippen molar-refractivity contribution < 1.29 is 8.42 Å². The highest BCUT2D eigenvalue weighted by atomic mass is 32.2. The van der Waals surface area contributed by atoms with Crippen molar-refractivity contribution in [1.29, 1.82) is 0 Å². The molecule has 2 N–H and O–H groups in total. The molecule has 100 valence electrons. The first-order valence-electron chi connectivity index (χ1n) is 6.27. The van der Waals surface area contributed by atoms with Gasteiger partial charge >= 0.3 is 0 Å². The molecular weight excluding hydrogens is 250 g/mol. The topological polar surface area (TPSA) is 74.8 Å². The predicted octanol–water partition coefficient (Wildman–Crippen LogP) is 1.89. The summed E-state index contributed by atoms with van der Waals surface area (Å²) in [6, 6.07) is 0. The second-order valence-corrected chi connectivity index (χ2v) is 6.32. The second kappa shape index (κ2) is 5.67. The minimum Gasteiger partial charge on any atom is -0.332 e. The molecule has 2 rings (SSSR count). The maximum atomic E-state index is 11.9. The molecule has 18 heavy (non-hydrogen) atoms. The Morgan fingerprint density at radius 2 is 2.28 bits per heavy atom. The quantitative estimate of drug-likeness (QED) is 0.801. The Hall–Kier alpha value is -1.14. The summed E-state index contributed by atoms with van der Waals surface area (Å²) < 4.78 is 26.4. The molecule has 0 radical (unpaired) electrons. The first kappa shape index (κ1) is 13.3. The fourth-order valence-electron chi connectivity index (χ4n) is 2.09. The van der Waals surface area contributed by atoms with Crippen LogP contribution < -0.4 is 4.72 Å². The normalized spacial score (nSPS) is 16.6. The zero-order valence-corrected chi connectivity index (χ0v) is 11.4. The van der Waals surface area contributed by atoms with E-state index < -0.39 is 10.0 Å². The lowest BCUT2D eigenvalue weighted by Crippen LogP contribution is -2.25. The standard InChI is InChI=1S/C12H19N3O2S/c1-10-13-9-12(15-10)18(16,17)14-8-7-11-5-3-2-4-6-11/h5,9,14H,2-4,6-8H2,1H3,(H,13,15). The maximum absolute atomic E-state index is 11.9. The molecule has 6 heteroatoms. The number of hydrogen-bond acceptors (Lipinski definition) is 3. The number of allylic oxidation sites excluding steroid dienone is 1. The Morgan fingerprint density at radius 3 is 2.89 bits per heavy atom. The van der Waals surface area contributed by atoms with E-state index >= 15 is 0 Å². The molecule has 0 aromatic carbocycles. The molecule has 0 fully saturated rings. The van der Waals surface area contributed by atoms with Gasteiger partial charge in [0.15, 0.2) is 5.03 Å². The molecule has 0 unspecified atom stereocenters. The van der Waals surface area contributed by atoms with E-state index in [0.29, 0.717) is 12.4 Å². The van der Waals surface area contributed by atoms with Crippen LogP contribution in [-0.2, 0) is 10.0 Å². The third-order valence-electron chi connectivity index (χ3n) is 3.09. The number of imidazole rings is 1. The van der Waals surface area contributed by atoms with E-state index in [2.05, 4.69) is 20.8 Å². The summed E-state index contributed by atoms with van der Waals surface area (Å²) in [6.07, 6.45) is 9.08. The molecule has 1 aliphatic rings. The first-order valence-corrected chi connectivity index (χ1v) is 7.75. The summed E-state index contributed by atoms with van der Waals surface area (Å²) in [6.45, 7) is 2.18. The van der Waals surface area contributed by atoms with Crippen LogP contribution in [0.2, 0.25) is 0 Å². The number of nitrogens with one attached hydrogen (secondary N) is 2. The maximum Gasteiger partial charge on any atom is 0.257 e. The molecule has 0 amide bonds. The summed E-state index contributed by atoms with van der Waals surface area (Å²) in [5.74, 6) is 0.602. The number of aryl methyl sites for hydroxylation is 1. The summed E-state index contributed by atoms with van der Waals surface area (Å²) >= 11 is 0. The molecule has 0 saturated carbocycles. The van der Waals surface area contributed by atoms with Crippen LogP contribution in [0, 0.1) is 6.92 Å². The van der Waals surface area contributed by atoms with Gasteiger partial charge in [-0.1, -0.05) is 11.6 Å². The summed E-state index contributed by atoms with van der Waals surface area (Å²) in [4.78, 5) is 6.62. The zero-order valence-electron chi connectivity index (χ0n) is 10.6. The van der Waals surface area contributed by atoms with Gasteiger partial charge in [0.05, 0.1) is 6.20 Å². The first-order chi connectivity index (χ1) is 8.58. The van der Waals surface area contributed by atoms with Crippen LogP contribution in [0.4, 0.5) is 0 Å². The molecule has 0 bridgehead atoms. The Kier molecular flexibility index (Phi) is 4.19. The van der Waals surface area contributed by atoms with Crippen LogP contribution in [-0.4, -0.2) is 24.9 Å². The number of H-pyrrole nitrogens is 1. The number of hydrogen-bond donors (Lipinski definition) is 2. The summed E-state index contributed by atoms with van der Waals surface area (Å²) in [5, 5.41) is 0.137. The Labute approximate surface area is 108 Å². The van der Waals surface area contributed by atoms with Crippen LogP contribution in [0.25, 0.3) is 0 Å². The molecule has 0 saturated heterocycles. The van der Waals surface area contributed by atoms with Gasteiger partial charge in [-0.25, -0.2) is 18.1 Å². The van der Waals surface area contributed by atoms with E-state index in [9.17, 15) is 8.42 Å². The lowest BCUT2D eigenvalue weighted by atomic mass is 9.97. The summed E-state index contributed by atoms with van der Waals surface area (Å²) in [5.41, 5.74) is 1.37. The predicted molar refractivity (Wildman–Crippen MR) is 69.7 cm³/mol. The smallest absolute Gasteiger partial charge is 0.257 e. The van der Waals surface area contributed by atoms with E-state index in [1.165, 1.54) is 24.6 Å². The Bertz CT molecular complexity index is 531. The van der Waals surface area contributed by atoms with Crippen molar-refractivity contribution >= 4 is 10.0 Å². The van der Waals surface area contributed by atoms with Crippen LogP contribution in [0.15, 0.2) is 22.9 Å². The van der Waals surface area contributed by atoms with Crippen LogP contribution >= 0.6 is 0 Å². The average molecular weight is 269 g/mol. The highest BCUT2D eigenvalue weighted by molar-refractivity contribution is 7.89. The van der Waals surface area contributed by atoms with Gasteiger partial charge in [-0.2, -0.15) is 0 Å². The number of rotatable bonds is 5. The van der Waals surface area contributed by atoms with Crippen LogP contribution in [0.3, 0.4) is 0 Å². The SMILES string of the molecule is Cc1ncc(S(=O)(=O)NCCC2=CCCCC2)[nH]1. The van der Waals surface area contributed by atoms with Crippen LogP contribution in [0.1, 0.15) is 37.9 Å². The van der Waals surface area contributed by atoms with Crippen molar-refractivity contribution in [3.8, 4) is 0 Å². The fourth-order valence-corrected chi connectivity index (χ4v) is 3.09. The molecule has 1 aromatic rings. The molecule has 0 spiro atoms. The highest BCUT2D eigenvalue weighted by Gasteiger charge is 2.16. The molecular formula is C12H19N3O2S. The summed E-state index contributed by atoms with van der Waals surface area (Å²) in [7, 11) is -3.44. The van der Waals surface area contributed by atoms with Crippen molar-refractivity contribution in [1.82, 2.24) is 14.7 Å². The molecule has 1 aromatic heterocycles. The van der Waals surface area contributed by atoms with Crippen molar-refractivity contribution in [3.63, 3.8) is 0 Å². The van der Waals surface area contributed by atoms with E-state index in [1.54, 1.807) is 6.92 Å². The Balaban J connectivity index is 1.87. The molecule has 1 aliphatic carbocycles. The van der Waals surface area contributed by atoms with Gasteiger partial charge in [0.2, 0.25) is 0 Å². The van der Waals surface area contributed by atoms with E-state index in [1.807, 2.05) is 0 Å². The van der Waals surface area contributed by atoms with Gasteiger partial charge in [-0.15, -0.1) is 0 Å².